The minimum Gasteiger partial charge on any atom is -0.349 e. The third kappa shape index (κ3) is 3.92. The van der Waals surface area contributed by atoms with Crippen molar-refractivity contribution in [2.75, 3.05) is 6.54 Å². The van der Waals surface area contributed by atoms with Crippen LogP contribution in [0.5, 0.6) is 0 Å². The van der Waals surface area contributed by atoms with Crippen molar-refractivity contribution in [1.29, 1.82) is 0 Å². The molecule has 1 aliphatic carbocycles. The van der Waals surface area contributed by atoms with Crippen molar-refractivity contribution in [2.24, 2.45) is 7.05 Å². The zero-order valence-electron chi connectivity index (χ0n) is 18.4. The molecule has 35 heavy (non-hydrogen) atoms. The average Bonchev–Trinajstić information content (AvgIpc) is 3.10. The van der Waals surface area contributed by atoms with Crippen molar-refractivity contribution >= 4 is 17.8 Å². The third-order valence-electron chi connectivity index (χ3n) is 6.33. The normalized spacial score (nSPS) is 22.5. The molecule has 2 aliphatic rings. The summed E-state index contributed by atoms with van der Waals surface area (Å²) < 4.78 is 42.4. The molecular formula is C24H20F3N5O3. The molecule has 0 radical (unpaired) electrons. The van der Waals surface area contributed by atoms with Crippen LogP contribution in [0.1, 0.15) is 34.1 Å². The van der Waals surface area contributed by atoms with Crippen LogP contribution in [0.2, 0.25) is 0 Å². The van der Waals surface area contributed by atoms with Gasteiger partial charge >= 0.3 is 6.03 Å². The van der Waals surface area contributed by atoms with Gasteiger partial charge in [0.15, 0.2) is 5.54 Å². The summed E-state index contributed by atoms with van der Waals surface area (Å²) in [7, 11) is 1.63. The van der Waals surface area contributed by atoms with Crippen LogP contribution in [0.4, 0.5) is 18.0 Å². The predicted octanol–water partition coefficient (Wildman–Crippen LogP) is 2.81. The fourth-order valence-corrected chi connectivity index (χ4v) is 4.36. The Bertz CT molecular complexity index is 1350. The van der Waals surface area contributed by atoms with Crippen LogP contribution in [0.15, 0.2) is 54.9 Å². The van der Waals surface area contributed by atoms with Gasteiger partial charge in [0, 0.05) is 25.9 Å². The van der Waals surface area contributed by atoms with E-state index in [1.807, 2.05) is 0 Å². The number of nitrogens with zero attached hydrogens (tertiary/aromatic N) is 2. The van der Waals surface area contributed by atoms with E-state index in [1.54, 1.807) is 37.5 Å². The predicted molar refractivity (Wildman–Crippen MR) is 118 cm³/mol. The number of carbonyl (C=O) groups is 3. The molecule has 4 amide bonds. The molecule has 2 fully saturated rings. The number of hydrogen-bond acceptors (Lipinski definition) is 4. The second kappa shape index (κ2) is 7.97. The summed E-state index contributed by atoms with van der Waals surface area (Å²) in [5.41, 5.74) is -0.269. The minimum atomic E-state index is -2.70. The van der Waals surface area contributed by atoms with Crippen molar-refractivity contribution in [3.05, 3.63) is 77.6 Å². The Labute approximate surface area is 197 Å². The molecule has 180 valence electrons. The van der Waals surface area contributed by atoms with E-state index in [0.29, 0.717) is 16.7 Å². The van der Waals surface area contributed by atoms with Crippen LogP contribution in [-0.2, 0) is 17.4 Å². The molecule has 2 unspecified atom stereocenters. The summed E-state index contributed by atoms with van der Waals surface area (Å²) in [6.45, 7) is -0.347. The Morgan fingerprint density at radius 1 is 1.20 bits per heavy atom. The molecule has 8 nitrogen and oxygen atoms in total. The molecule has 1 aromatic heterocycles. The Morgan fingerprint density at radius 3 is 2.49 bits per heavy atom. The molecule has 11 heteroatoms. The molecule has 1 saturated heterocycles. The summed E-state index contributed by atoms with van der Waals surface area (Å²) in [5.74, 6) is -5.36. The van der Waals surface area contributed by atoms with Gasteiger partial charge in [0.1, 0.15) is 11.6 Å². The molecule has 2 heterocycles. The van der Waals surface area contributed by atoms with Crippen LogP contribution < -0.4 is 16.0 Å². The maximum atomic E-state index is 14.1. The van der Waals surface area contributed by atoms with Gasteiger partial charge in [-0.25, -0.2) is 22.9 Å². The fraction of sp³-hybridized carbons (Fsp3) is 0.250. The zero-order valence-corrected chi connectivity index (χ0v) is 18.4. The molecule has 1 saturated carbocycles. The first-order chi connectivity index (χ1) is 16.6. The number of hydrogen-bond donors (Lipinski definition) is 3. The van der Waals surface area contributed by atoms with Crippen LogP contribution in [0, 0.1) is 5.82 Å². The van der Waals surface area contributed by atoms with Crippen molar-refractivity contribution in [1.82, 2.24) is 25.5 Å². The van der Waals surface area contributed by atoms with Crippen LogP contribution in [-0.4, -0.2) is 39.9 Å². The van der Waals surface area contributed by atoms with Crippen molar-refractivity contribution in [3.63, 3.8) is 0 Å². The van der Waals surface area contributed by atoms with Gasteiger partial charge in [0.25, 0.3) is 17.7 Å². The standard InChI is InChI=1S/C24H20F3N5O3/c1-32-9-8-28-20(32)23(21(34)30-22(35)31-23)12-29-19(33)17-10-15(25)6-7-16(17)13-2-4-14(5-3-13)18-11-24(18,26)27/h2-10,18H,11-12H2,1H3,(H,29,33)(H2,30,31,34,35). The number of nitrogens with one attached hydrogen (secondary N) is 3. The first-order valence-electron chi connectivity index (χ1n) is 10.8. The van der Waals surface area contributed by atoms with E-state index in [1.165, 1.54) is 22.9 Å². The highest BCUT2D eigenvalue weighted by Gasteiger charge is 2.57. The van der Waals surface area contributed by atoms with E-state index < -0.39 is 41.0 Å². The monoisotopic (exact) mass is 483 g/mol. The number of amides is 4. The van der Waals surface area contributed by atoms with Gasteiger partial charge in [0.05, 0.1) is 18.0 Å². The molecule has 1 aliphatic heterocycles. The van der Waals surface area contributed by atoms with Crippen molar-refractivity contribution in [2.45, 2.75) is 23.8 Å². The summed E-state index contributed by atoms with van der Waals surface area (Å²) in [6.07, 6.45) is 2.84. The van der Waals surface area contributed by atoms with Gasteiger partial charge in [-0.05, 0) is 28.8 Å². The first-order valence-corrected chi connectivity index (χ1v) is 10.8. The largest absolute Gasteiger partial charge is 0.349 e. The van der Waals surface area contributed by atoms with E-state index in [9.17, 15) is 27.6 Å². The van der Waals surface area contributed by atoms with Gasteiger partial charge in [-0.1, -0.05) is 30.3 Å². The Hall–Kier alpha value is -4.15. The van der Waals surface area contributed by atoms with Gasteiger partial charge in [-0.3, -0.25) is 14.9 Å². The quantitative estimate of drug-likeness (QED) is 0.469. The molecule has 3 N–H and O–H groups in total. The highest BCUT2D eigenvalue weighted by atomic mass is 19.3. The SMILES string of the molecule is Cn1ccnc1C1(CNC(=O)c2cc(F)ccc2-c2ccc(C3CC3(F)F)cc2)NC(=O)NC1=O. The number of urea groups is 1. The van der Waals surface area contributed by atoms with Crippen LogP contribution >= 0.6 is 0 Å². The van der Waals surface area contributed by atoms with E-state index in [0.717, 1.165) is 6.07 Å². The van der Waals surface area contributed by atoms with E-state index in [4.69, 9.17) is 0 Å². The lowest BCUT2D eigenvalue weighted by Crippen LogP contribution is -2.54. The Morgan fingerprint density at radius 2 is 1.91 bits per heavy atom. The number of imidazole rings is 1. The second-order valence-corrected chi connectivity index (χ2v) is 8.69. The Balaban J connectivity index is 1.42. The molecule has 3 aromatic rings. The fourth-order valence-electron chi connectivity index (χ4n) is 4.36. The summed E-state index contributed by atoms with van der Waals surface area (Å²) in [6, 6.07) is 9.27. The maximum Gasteiger partial charge on any atom is 0.322 e. The van der Waals surface area contributed by atoms with E-state index in [-0.39, 0.29) is 24.4 Å². The molecule has 0 spiro atoms. The summed E-state index contributed by atoms with van der Waals surface area (Å²) in [4.78, 5) is 41.9. The highest BCUT2D eigenvalue weighted by Crippen LogP contribution is 2.55. The van der Waals surface area contributed by atoms with Gasteiger partial charge in [0.2, 0.25) is 0 Å². The molecule has 0 bridgehead atoms. The topological polar surface area (TPSA) is 105 Å². The van der Waals surface area contributed by atoms with Gasteiger partial charge in [-0.2, -0.15) is 0 Å². The number of aryl methyl sites for hydroxylation is 1. The lowest BCUT2D eigenvalue weighted by Gasteiger charge is -2.26. The van der Waals surface area contributed by atoms with E-state index >= 15 is 0 Å². The highest BCUT2D eigenvalue weighted by molar-refractivity contribution is 6.08. The van der Waals surface area contributed by atoms with Crippen LogP contribution in [0.3, 0.4) is 0 Å². The number of carbonyl (C=O) groups excluding carboxylic acids is 3. The number of alkyl halides is 2. The number of benzene rings is 2. The zero-order chi connectivity index (χ0) is 25.0. The molecule has 2 aromatic carbocycles. The number of imide groups is 1. The lowest BCUT2D eigenvalue weighted by molar-refractivity contribution is -0.124. The average molecular weight is 483 g/mol. The first kappa shape index (κ1) is 22.6. The molecule has 2 atom stereocenters. The maximum absolute atomic E-state index is 14.1. The minimum absolute atomic E-state index is 0.0192. The summed E-state index contributed by atoms with van der Waals surface area (Å²) in [5, 5.41) is 7.27. The van der Waals surface area contributed by atoms with Crippen molar-refractivity contribution < 1.29 is 27.6 Å². The molecular weight excluding hydrogens is 463 g/mol. The summed E-state index contributed by atoms with van der Waals surface area (Å²) >= 11 is 0. The van der Waals surface area contributed by atoms with Gasteiger partial charge < -0.3 is 15.2 Å². The number of aromatic nitrogens is 2. The second-order valence-electron chi connectivity index (χ2n) is 8.69. The number of halogens is 3. The lowest BCUT2D eigenvalue weighted by atomic mass is 9.96. The van der Waals surface area contributed by atoms with Crippen LogP contribution in [0.25, 0.3) is 11.1 Å². The smallest absolute Gasteiger partial charge is 0.322 e. The van der Waals surface area contributed by atoms with E-state index in [2.05, 4.69) is 20.9 Å². The third-order valence-corrected chi connectivity index (χ3v) is 6.33. The number of rotatable bonds is 6. The van der Waals surface area contributed by atoms with Gasteiger partial charge in [-0.15, -0.1) is 0 Å². The van der Waals surface area contributed by atoms with Crippen molar-refractivity contribution in [3.8, 4) is 11.1 Å². The molecule has 5 rings (SSSR count). The Kier molecular flexibility index (Phi) is 5.15.